The SMILES string of the molecule is CCC.CCC.COC(C)(C)C(=O)c1ccccc1.O=C(/C=C/c1ccccc1)c1ccccc1. The molecule has 0 aliphatic rings. The summed E-state index contributed by atoms with van der Waals surface area (Å²) in [5.41, 5.74) is 1.71. The highest BCUT2D eigenvalue weighted by Crippen LogP contribution is 2.15. The number of Topliss-reactive ketones (excluding diaryl/α,β-unsaturated/α-hetero) is 1. The second-order valence-corrected chi connectivity index (χ2v) is 8.30. The van der Waals surface area contributed by atoms with Gasteiger partial charge in [0.1, 0.15) is 5.60 Å². The van der Waals surface area contributed by atoms with E-state index >= 15 is 0 Å². The van der Waals surface area contributed by atoms with Crippen LogP contribution >= 0.6 is 0 Å². The van der Waals surface area contributed by atoms with Crippen LogP contribution < -0.4 is 0 Å². The van der Waals surface area contributed by atoms with Gasteiger partial charge in [-0.05, 0) is 25.5 Å². The molecule has 0 saturated carbocycles. The van der Waals surface area contributed by atoms with Crippen molar-refractivity contribution in [1.82, 2.24) is 0 Å². The summed E-state index contributed by atoms with van der Waals surface area (Å²) in [7, 11) is 1.54. The predicted octanol–water partition coefficient (Wildman–Crippen LogP) is 8.71. The van der Waals surface area contributed by atoms with E-state index in [1.165, 1.54) is 12.8 Å². The van der Waals surface area contributed by atoms with E-state index in [9.17, 15) is 9.59 Å². The molecule has 0 aliphatic heterocycles. The minimum atomic E-state index is -0.735. The number of allylic oxidation sites excluding steroid dienone is 1. The van der Waals surface area contributed by atoms with Crippen molar-refractivity contribution in [1.29, 1.82) is 0 Å². The summed E-state index contributed by atoms with van der Waals surface area (Å²) in [5.74, 6) is 0.0417. The predicted molar refractivity (Wildman–Crippen MR) is 150 cm³/mol. The van der Waals surface area contributed by atoms with Crippen molar-refractivity contribution in [2.45, 2.75) is 60.0 Å². The van der Waals surface area contributed by atoms with E-state index in [2.05, 4.69) is 27.7 Å². The molecular weight excluding hydrogens is 432 g/mol. The van der Waals surface area contributed by atoms with Gasteiger partial charge in [-0.2, -0.15) is 0 Å². The molecule has 35 heavy (non-hydrogen) atoms. The molecule has 0 unspecified atom stereocenters. The van der Waals surface area contributed by atoms with Gasteiger partial charge in [0.2, 0.25) is 0 Å². The highest BCUT2D eigenvalue weighted by Gasteiger charge is 2.27. The Kier molecular flexibility index (Phi) is 17.3. The molecule has 0 radical (unpaired) electrons. The van der Waals surface area contributed by atoms with Crippen LogP contribution in [0.15, 0.2) is 97.1 Å². The number of hydrogen-bond donors (Lipinski definition) is 0. The first-order valence-corrected chi connectivity index (χ1v) is 12.2. The summed E-state index contributed by atoms with van der Waals surface area (Å²) >= 11 is 0. The van der Waals surface area contributed by atoms with Gasteiger partial charge in [0.15, 0.2) is 11.6 Å². The maximum atomic E-state index is 11.8. The van der Waals surface area contributed by atoms with Crippen LogP contribution in [-0.4, -0.2) is 24.3 Å². The van der Waals surface area contributed by atoms with Crippen molar-refractivity contribution in [2.75, 3.05) is 7.11 Å². The fourth-order valence-corrected chi connectivity index (χ4v) is 2.46. The molecule has 0 fully saturated rings. The van der Waals surface area contributed by atoms with Crippen LogP contribution in [0.25, 0.3) is 6.08 Å². The van der Waals surface area contributed by atoms with Crippen molar-refractivity contribution < 1.29 is 14.3 Å². The van der Waals surface area contributed by atoms with E-state index in [4.69, 9.17) is 4.74 Å². The number of benzene rings is 3. The summed E-state index contributed by atoms with van der Waals surface area (Å²) in [6, 6.07) is 28.2. The fourth-order valence-electron chi connectivity index (χ4n) is 2.46. The Bertz CT molecular complexity index is 957. The lowest BCUT2D eigenvalue weighted by molar-refractivity contribution is 0.0228. The molecule has 3 heteroatoms. The second kappa shape index (κ2) is 19.1. The summed E-state index contributed by atoms with van der Waals surface area (Å²) in [6.45, 7) is 12.0. The molecule has 0 aromatic heterocycles. The first-order valence-electron chi connectivity index (χ1n) is 12.2. The third kappa shape index (κ3) is 13.9. The average molecular weight is 475 g/mol. The molecule has 3 aromatic rings. The molecule has 0 amide bonds. The van der Waals surface area contributed by atoms with Gasteiger partial charge in [-0.15, -0.1) is 0 Å². The topological polar surface area (TPSA) is 43.4 Å². The normalized spacial score (nSPS) is 10.0. The second-order valence-electron chi connectivity index (χ2n) is 8.30. The standard InChI is InChI=1S/C15H12O.C11H14O2.2C3H8/c16-15(14-9-5-2-6-10-14)12-11-13-7-3-1-4-8-13;1-11(2,13-3)10(12)9-7-5-4-6-8-9;2*1-3-2/h1-12H;4-8H,1-3H3;2*3H2,1-2H3/b12-11+;;;. The molecule has 0 atom stereocenters. The Morgan fingerprint density at radius 3 is 1.46 bits per heavy atom. The van der Waals surface area contributed by atoms with Crippen LogP contribution in [0.5, 0.6) is 0 Å². The van der Waals surface area contributed by atoms with Gasteiger partial charge in [-0.1, -0.05) is 138 Å². The van der Waals surface area contributed by atoms with E-state index in [-0.39, 0.29) is 11.6 Å². The maximum Gasteiger partial charge on any atom is 0.194 e. The highest BCUT2D eigenvalue weighted by atomic mass is 16.5. The van der Waals surface area contributed by atoms with E-state index in [0.29, 0.717) is 5.56 Å². The molecule has 0 bridgehead atoms. The van der Waals surface area contributed by atoms with E-state index in [1.807, 2.05) is 84.9 Å². The molecule has 0 heterocycles. The summed E-state index contributed by atoms with van der Waals surface area (Å²) in [5, 5.41) is 0. The molecular formula is C32H42O3. The van der Waals surface area contributed by atoms with Crippen LogP contribution in [0.4, 0.5) is 0 Å². The molecule has 0 N–H and O–H groups in total. The third-order valence-corrected chi connectivity index (χ3v) is 4.38. The quantitative estimate of drug-likeness (QED) is 0.265. The molecule has 3 nitrogen and oxygen atoms in total. The van der Waals surface area contributed by atoms with Crippen molar-refractivity contribution in [3.8, 4) is 0 Å². The average Bonchev–Trinajstić information content (AvgIpc) is 2.90. The lowest BCUT2D eigenvalue weighted by Gasteiger charge is -2.20. The first-order chi connectivity index (χ1) is 16.8. The van der Waals surface area contributed by atoms with Crippen molar-refractivity contribution in [3.63, 3.8) is 0 Å². The molecule has 0 spiro atoms. The van der Waals surface area contributed by atoms with Crippen LogP contribution in [0.2, 0.25) is 0 Å². The highest BCUT2D eigenvalue weighted by molar-refractivity contribution is 6.06. The molecule has 0 aliphatic carbocycles. The van der Waals surface area contributed by atoms with Crippen LogP contribution in [0.3, 0.4) is 0 Å². The zero-order chi connectivity index (χ0) is 26.5. The molecule has 3 rings (SSSR count). The Labute approximate surface area is 212 Å². The number of ketones is 2. The number of methoxy groups -OCH3 is 1. The van der Waals surface area contributed by atoms with E-state index in [0.717, 1.165) is 11.1 Å². The van der Waals surface area contributed by atoms with Crippen molar-refractivity contribution in [2.24, 2.45) is 0 Å². The van der Waals surface area contributed by atoms with E-state index < -0.39 is 5.60 Å². The van der Waals surface area contributed by atoms with Gasteiger partial charge >= 0.3 is 0 Å². The Balaban J connectivity index is 0.000000548. The lowest BCUT2D eigenvalue weighted by atomic mass is 9.97. The molecule has 3 aromatic carbocycles. The lowest BCUT2D eigenvalue weighted by Crippen LogP contribution is -2.33. The minimum Gasteiger partial charge on any atom is -0.371 e. The largest absolute Gasteiger partial charge is 0.371 e. The van der Waals surface area contributed by atoms with Gasteiger partial charge in [0.05, 0.1) is 0 Å². The zero-order valence-electron chi connectivity index (χ0n) is 22.5. The maximum absolute atomic E-state index is 11.8. The summed E-state index contributed by atoms with van der Waals surface area (Å²) in [6.07, 6.45) is 5.93. The Hall–Kier alpha value is -3.30. The van der Waals surface area contributed by atoms with Crippen LogP contribution in [0.1, 0.15) is 80.7 Å². The monoisotopic (exact) mass is 474 g/mol. The van der Waals surface area contributed by atoms with Crippen LogP contribution in [0, 0.1) is 0 Å². The summed E-state index contributed by atoms with van der Waals surface area (Å²) in [4.78, 5) is 23.5. The van der Waals surface area contributed by atoms with Crippen molar-refractivity contribution >= 4 is 17.6 Å². The van der Waals surface area contributed by atoms with E-state index in [1.54, 1.807) is 39.2 Å². The third-order valence-electron chi connectivity index (χ3n) is 4.38. The zero-order valence-corrected chi connectivity index (χ0v) is 22.5. The molecule has 188 valence electrons. The van der Waals surface area contributed by atoms with Crippen LogP contribution in [-0.2, 0) is 4.74 Å². The van der Waals surface area contributed by atoms with Gasteiger partial charge < -0.3 is 4.74 Å². The summed E-state index contributed by atoms with van der Waals surface area (Å²) < 4.78 is 5.10. The van der Waals surface area contributed by atoms with Gasteiger partial charge in [0, 0.05) is 18.2 Å². The van der Waals surface area contributed by atoms with Gasteiger partial charge in [-0.3, -0.25) is 9.59 Å². The number of hydrogen-bond acceptors (Lipinski definition) is 3. The van der Waals surface area contributed by atoms with Crippen molar-refractivity contribution in [3.05, 3.63) is 114 Å². The number of carbonyl (C=O) groups is 2. The first kappa shape index (κ1) is 31.7. The minimum absolute atomic E-state index is 0.00981. The smallest absolute Gasteiger partial charge is 0.194 e. The fraction of sp³-hybridized carbons (Fsp3) is 0.312. The van der Waals surface area contributed by atoms with Gasteiger partial charge in [0.25, 0.3) is 0 Å². The Morgan fingerprint density at radius 1 is 0.686 bits per heavy atom. The molecule has 0 saturated heterocycles. The van der Waals surface area contributed by atoms with Gasteiger partial charge in [-0.25, -0.2) is 0 Å². The Morgan fingerprint density at radius 2 is 1.06 bits per heavy atom. The number of ether oxygens (including phenoxy) is 1. The number of rotatable bonds is 6. The number of carbonyl (C=O) groups excluding carboxylic acids is 2.